The third-order valence-corrected chi connectivity index (χ3v) is 5.99. The lowest BCUT2D eigenvalue weighted by molar-refractivity contribution is 0.0934. The summed E-state index contributed by atoms with van der Waals surface area (Å²) in [5.74, 6) is -1.25. The van der Waals surface area contributed by atoms with Gasteiger partial charge in [-0.1, -0.05) is 66.7 Å². The maximum atomic E-state index is 14.4. The number of nitrogens with one attached hydrogen (secondary N) is 1. The Morgan fingerprint density at radius 2 is 1.60 bits per heavy atom. The highest BCUT2D eigenvalue weighted by Gasteiger charge is 2.22. The fourth-order valence-corrected chi connectivity index (χ4v) is 3.90. The molecule has 1 heterocycles. The predicted octanol–water partition coefficient (Wildman–Crippen LogP) is 6.21. The molecule has 4 aromatic rings. The summed E-state index contributed by atoms with van der Waals surface area (Å²) in [5, 5.41) is 2.92. The predicted molar refractivity (Wildman–Crippen MR) is 129 cm³/mol. The number of carbonyl (C=O) groups excluding carboxylic acids is 1. The van der Waals surface area contributed by atoms with Crippen molar-refractivity contribution in [2.45, 2.75) is 39.0 Å². The molecule has 0 saturated heterocycles. The highest BCUT2D eigenvalue weighted by atomic mass is 19.1. The molecule has 4 rings (SSSR count). The minimum atomic E-state index is -0.623. The lowest BCUT2D eigenvalue weighted by atomic mass is 10.1. The molecule has 3 aromatic carbocycles. The summed E-state index contributed by atoms with van der Waals surface area (Å²) in [4.78, 5) is 19.1. The van der Waals surface area contributed by atoms with Crippen molar-refractivity contribution in [1.82, 2.24) is 15.2 Å². The Morgan fingerprint density at radius 1 is 0.943 bits per heavy atom. The van der Waals surface area contributed by atoms with E-state index in [0.717, 1.165) is 17.2 Å². The first kappa shape index (κ1) is 24.3. The second kappa shape index (κ2) is 11.1. The van der Waals surface area contributed by atoms with E-state index in [1.807, 2.05) is 79.4 Å². The van der Waals surface area contributed by atoms with Gasteiger partial charge in [-0.05, 0) is 31.0 Å². The maximum Gasteiger partial charge on any atom is 0.273 e. The number of hydrogen-bond donors (Lipinski definition) is 1. The van der Waals surface area contributed by atoms with Gasteiger partial charge in [0, 0.05) is 24.2 Å². The second-order valence-electron chi connectivity index (χ2n) is 8.46. The topological polar surface area (TPSA) is 58.4 Å². The van der Waals surface area contributed by atoms with E-state index in [9.17, 15) is 13.6 Å². The number of oxazole rings is 1. The molecular formula is C28H27F2N3O2. The molecule has 180 valence electrons. The molecule has 35 heavy (non-hydrogen) atoms. The zero-order valence-electron chi connectivity index (χ0n) is 19.6. The van der Waals surface area contributed by atoms with Gasteiger partial charge in [0.15, 0.2) is 5.69 Å². The SMILES string of the molecule is C[C@H](NC(=O)c1coc(CN(Cc2ccc(F)cc2F)[C@@H](C)c2ccccc2)n1)c1ccccc1. The van der Waals surface area contributed by atoms with Crippen molar-refractivity contribution in [1.29, 1.82) is 0 Å². The number of nitrogens with zero attached hydrogens (tertiary/aromatic N) is 2. The van der Waals surface area contributed by atoms with E-state index in [4.69, 9.17) is 4.42 Å². The highest BCUT2D eigenvalue weighted by Crippen LogP contribution is 2.25. The van der Waals surface area contributed by atoms with Gasteiger partial charge in [0.05, 0.1) is 12.6 Å². The third-order valence-electron chi connectivity index (χ3n) is 5.99. The van der Waals surface area contributed by atoms with Crippen LogP contribution in [0.2, 0.25) is 0 Å². The quantitative estimate of drug-likeness (QED) is 0.313. The lowest BCUT2D eigenvalue weighted by Gasteiger charge is -2.28. The maximum absolute atomic E-state index is 14.4. The molecule has 0 unspecified atom stereocenters. The fourth-order valence-electron chi connectivity index (χ4n) is 3.90. The Kier molecular flexibility index (Phi) is 7.67. The van der Waals surface area contributed by atoms with Crippen molar-refractivity contribution in [3.63, 3.8) is 0 Å². The number of rotatable bonds is 9. The van der Waals surface area contributed by atoms with Gasteiger partial charge in [-0.25, -0.2) is 13.8 Å². The molecule has 5 nitrogen and oxygen atoms in total. The zero-order chi connectivity index (χ0) is 24.8. The van der Waals surface area contributed by atoms with E-state index in [-0.39, 0.29) is 36.8 Å². The molecule has 1 amide bonds. The summed E-state index contributed by atoms with van der Waals surface area (Å²) in [6, 6.07) is 22.6. The van der Waals surface area contributed by atoms with Crippen LogP contribution in [-0.4, -0.2) is 15.8 Å². The Labute approximate surface area is 203 Å². The van der Waals surface area contributed by atoms with E-state index in [0.29, 0.717) is 11.5 Å². The van der Waals surface area contributed by atoms with Gasteiger partial charge in [0.2, 0.25) is 5.89 Å². The van der Waals surface area contributed by atoms with E-state index in [2.05, 4.69) is 10.3 Å². The number of benzene rings is 3. The van der Waals surface area contributed by atoms with Crippen molar-refractivity contribution < 1.29 is 18.0 Å². The number of aromatic nitrogens is 1. The molecule has 0 spiro atoms. The van der Waals surface area contributed by atoms with Gasteiger partial charge in [0.1, 0.15) is 17.9 Å². The molecule has 0 radical (unpaired) electrons. The van der Waals surface area contributed by atoms with Crippen LogP contribution < -0.4 is 5.32 Å². The van der Waals surface area contributed by atoms with Crippen LogP contribution in [-0.2, 0) is 13.1 Å². The van der Waals surface area contributed by atoms with E-state index < -0.39 is 11.6 Å². The normalized spacial score (nSPS) is 12.9. The van der Waals surface area contributed by atoms with Gasteiger partial charge in [0.25, 0.3) is 5.91 Å². The summed E-state index contributed by atoms with van der Waals surface area (Å²) < 4.78 is 33.5. The minimum absolute atomic E-state index is 0.122. The van der Waals surface area contributed by atoms with Crippen molar-refractivity contribution in [2.24, 2.45) is 0 Å². The Morgan fingerprint density at radius 3 is 2.26 bits per heavy atom. The Balaban J connectivity index is 1.51. The molecule has 0 saturated carbocycles. The van der Waals surface area contributed by atoms with Crippen LogP contribution in [0.1, 0.15) is 59.0 Å². The van der Waals surface area contributed by atoms with Gasteiger partial charge >= 0.3 is 0 Å². The molecule has 0 aliphatic rings. The largest absolute Gasteiger partial charge is 0.447 e. The minimum Gasteiger partial charge on any atom is -0.447 e. The average Bonchev–Trinajstić information content (AvgIpc) is 3.34. The van der Waals surface area contributed by atoms with Crippen LogP contribution >= 0.6 is 0 Å². The second-order valence-corrected chi connectivity index (χ2v) is 8.46. The first-order valence-corrected chi connectivity index (χ1v) is 11.4. The molecule has 2 atom stereocenters. The van der Waals surface area contributed by atoms with Crippen LogP contribution in [0.3, 0.4) is 0 Å². The Hall–Kier alpha value is -3.84. The summed E-state index contributed by atoms with van der Waals surface area (Å²) in [7, 11) is 0. The standard InChI is InChI=1S/C28H27F2N3O2/c1-19(21-9-5-3-6-10-21)31-28(34)26-18-35-27(32-26)17-33(20(2)22-11-7-4-8-12-22)16-23-13-14-24(29)15-25(23)30/h3-15,18-20H,16-17H2,1-2H3,(H,31,34)/t19-,20-/m0/s1. The zero-order valence-corrected chi connectivity index (χ0v) is 19.6. The van der Waals surface area contributed by atoms with Crippen LogP contribution in [0.5, 0.6) is 0 Å². The summed E-state index contributed by atoms with van der Waals surface area (Å²) in [5.41, 5.74) is 2.53. The average molecular weight is 476 g/mol. The van der Waals surface area contributed by atoms with E-state index in [1.165, 1.54) is 18.4 Å². The fraction of sp³-hybridized carbons (Fsp3) is 0.214. The van der Waals surface area contributed by atoms with E-state index >= 15 is 0 Å². The lowest BCUT2D eigenvalue weighted by Crippen LogP contribution is -2.28. The number of carbonyl (C=O) groups is 1. The van der Waals surface area contributed by atoms with Crippen molar-refractivity contribution >= 4 is 5.91 Å². The molecular weight excluding hydrogens is 448 g/mol. The third kappa shape index (κ3) is 6.19. The molecule has 1 N–H and O–H groups in total. The summed E-state index contributed by atoms with van der Waals surface area (Å²) in [6.07, 6.45) is 1.33. The Bertz CT molecular complexity index is 1260. The molecule has 7 heteroatoms. The smallest absolute Gasteiger partial charge is 0.273 e. The van der Waals surface area contributed by atoms with Gasteiger partial charge < -0.3 is 9.73 Å². The molecule has 0 aliphatic heterocycles. The van der Waals surface area contributed by atoms with Gasteiger partial charge in [-0.2, -0.15) is 0 Å². The summed E-state index contributed by atoms with van der Waals surface area (Å²) in [6.45, 7) is 4.33. The highest BCUT2D eigenvalue weighted by molar-refractivity contribution is 5.92. The van der Waals surface area contributed by atoms with Gasteiger partial charge in [-0.15, -0.1) is 0 Å². The van der Waals surface area contributed by atoms with Gasteiger partial charge in [-0.3, -0.25) is 9.69 Å². The first-order chi connectivity index (χ1) is 16.9. The number of amides is 1. The number of halogens is 2. The van der Waals surface area contributed by atoms with Crippen molar-refractivity contribution in [3.05, 3.63) is 125 Å². The van der Waals surface area contributed by atoms with Crippen LogP contribution in [0.25, 0.3) is 0 Å². The monoisotopic (exact) mass is 475 g/mol. The first-order valence-electron chi connectivity index (χ1n) is 11.4. The molecule has 1 aromatic heterocycles. The molecule has 0 bridgehead atoms. The van der Waals surface area contributed by atoms with Crippen molar-refractivity contribution in [3.8, 4) is 0 Å². The van der Waals surface area contributed by atoms with Crippen molar-refractivity contribution in [2.75, 3.05) is 0 Å². The molecule has 0 fully saturated rings. The van der Waals surface area contributed by atoms with Crippen LogP contribution in [0.15, 0.2) is 89.5 Å². The molecule has 0 aliphatic carbocycles. The number of hydrogen-bond acceptors (Lipinski definition) is 4. The van der Waals surface area contributed by atoms with Crippen LogP contribution in [0.4, 0.5) is 8.78 Å². The summed E-state index contributed by atoms with van der Waals surface area (Å²) >= 11 is 0. The van der Waals surface area contributed by atoms with E-state index in [1.54, 1.807) is 0 Å². The van der Waals surface area contributed by atoms with Crippen LogP contribution in [0, 0.1) is 11.6 Å².